The molecule has 0 heterocycles. The maximum atomic E-state index is 12.1. The summed E-state index contributed by atoms with van der Waals surface area (Å²) in [4.78, 5) is -0.0809. The third kappa shape index (κ3) is 3.59. The predicted molar refractivity (Wildman–Crippen MR) is 74.7 cm³/mol. The molecular weight excluding hydrogens is 288 g/mol. The highest BCUT2D eigenvalue weighted by Crippen LogP contribution is 2.20. The zero-order chi connectivity index (χ0) is 15.3. The second kappa shape index (κ2) is 6.08. The number of nitrogens with zero attached hydrogens (tertiary/aromatic N) is 2. The van der Waals surface area contributed by atoms with Crippen LogP contribution in [0.3, 0.4) is 0 Å². The monoisotopic (exact) mass is 298 g/mol. The van der Waals surface area contributed by atoms with Crippen molar-refractivity contribution in [2.75, 3.05) is 0 Å². The summed E-state index contributed by atoms with van der Waals surface area (Å²) in [5.41, 5.74) is 1.01. The maximum absolute atomic E-state index is 12.1. The molecule has 104 valence electrons. The summed E-state index contributed by atoms with van der Waals surface area (Å²) < 4.78 is 29.2. The highest BCUT2D eigenvalue weighted by molar-refractivity contribution is 7.87. The maximum Gasteiger partial charge on any atom is 0.339 e. The molecule has 5 nitrogen and oxygen atoms in total. The largest absolute Gasteiger partial charge is 0.379 e. The van der Waals surface area contributed by atoms with E-state index in [0.717, 1.165) is 5.56 Å². The van der Waals surface area contributed by atoms with E-state index < -0.39 is 10.1 Å². The lowest BCUT2D eigenvalue weighted by molar-refractivity contribution is 0.486. The summed E-state index contributed by atoms with van der Waals surface area (Å²) in [5, 5.41) is 17.4. The molecule has 0 amide bonds. The molecule has 0 bridgehead atoms. The zero-order valence-corrected chi connectivity index (χ0v) is 11.7. The Bertz CT molecular complexity index is 828. The summed E-state index contributed by atoms with van der Waals surface area (Å²) in [7, 11) is -3.99. The first-order valence-corrected chi connectivity index (χ1v) is 7.36. The van der Waals surface area contributed by atoms with E-state index in [0.29, 0.717) is 0 Å². The van der Waals surface area contributed by atoms with Crippen molar-refractivity contribution in [2.24, 2.45) is 0 Å². The molecule has 0 saturated heterocycles. The summed E-state index contributed by atoms with van der Waals surface area (Å²) in [6.07, 6.45) is 0.247. The number of benzene rings is 2. The average molecular weight is 298 g/mol. The Hall–Kier alpha value is -2.83. The fourth-order valence-corrected chi connectivity index (χ4v) is 2.63. The minimum absolute atomic E-state index is 0.0809. The molecule has 0 aliphatic rings. The van der Waals surface area contributed by atoms with Gasteiger partial charge in [0.2, 0.25) is 0 Å². The van der Waals surface area contributed by atoms with E-state index in [2.05, 4.69) is 0 Å². The minimum Gasteiger partial charge on any atom is -0.379 e. The van der Waals surface area contributed by atoms with Gasteiger partial charge in [0.1, 0.15) is 10.6 Å². The van der Waals surface area contributed by atoms with Gasteiger partial charge in [-0.1, -0.05) is 18.2 Å². The Balaban J connectivity index is 2.25. The third-order valence-electron chi connectivity index (χ3n) is 2.66. The number of rotatable bonds is 4. The van der Waals surface area contributed by atoms with Gasteiger partial charge in [-0.3, -0.25) is 0 Å². The van der Waals surface area contributed by atoms with Crippen LogP contribution in [0.2, 0.25) is 0 Å². The topological polar surface area (TPSA) is 90.9 Å². The van der Waals surface area contributed by atoms with E-state index in [9.17, 15) is 8.42 Å². The molecule has 2 rings (SSSR count). The molecule has 0 fully saturated rings. The first kappa shape index (κ1) is 14.6. The average Bonchev–Trinajstić information content (AvgIpc) is 2.49. The normalized spacial score (nSPS) is 10.4. The second-order valence-corrected chi connectivity index (χ2v) is 5.70. The van der Waals surface area contributed by atoms with Gasteiger partial charge in [-0.2, -0.15) is 18.9 Å². The summed E-state index contributed by atoms with van der Waals surface area (Å²) in [5.74, 6) is 0.152. The van der Waals surface area contributed by atoms with Crippen molar-refractivity contribution in [1.29, 1.82) is 10.5 Å². The van der Waals surface area contributed by atoms with Crippen molar-refractivity contribution < 1.29 is 12.6 Å². The number of nitriles is 2. The predicted octanol–water partition coefficient (Wildman–Crippen LogP) is 2.39. The van der Waals surface area contributed by atoms with E-state index >= 15 is 0 Å². The van der Waals surface area contributed by atoms with Crippen molar-refractivity contribution in [3.05, 3.63) is 59.7 Å². The standard InChI is InChI=1S/C15H10N2O3S/c16-9-8-12-4-6-14(7-5-12)20-21(18,19)15-3-1-2-13(10-15)11-17/h1-7,10H,8H2. The van der Waals surface area contributed by atoms with E-state index in [-0.39, 0.29) is 22.6 Å². The van der Waals surface area contributed by atoms with E-state index in [1.807, 2.05) is 12.1 Å². The molecule has 6 heteroatoms. The van der Waals surface area contributed by atoms with Crippen LogP contribution in [0.15, 0.2) is 53.4 Å². The molecule has 0 saturated carbocycles. The van der Waals surface area contributed by atoms with Crippen LogP contribution in [0.1, 0.15) is 11.1 Å². The van der Waals surface area contributed by atoms with Crippen LogP contribution in [-0.4, -0.2) is 8.42 Å². The lowest BCUT2D eigenvalue weighted by Crippen LogP contribution is -2.09. The van der Waals surface area contributed by atoms with Gasteiger partial charge in [0.15, 0.2) is 0 Å². The van der Waals surface area contributed by atoms with Crippen molar-refractivity contribution >= 4 is 10.1 Å². The fraction of sp³-hybridized carbons (Fsp3) is 0.0667. The smallest absolute Gasteiger partial charge is 0.339 e. The highest BCUT2D eigenvalue weighted by Gasteiger charge is 2.17. The number of hydrogen-bond donors (Lipinski definition) is 0. The van der Waals surface area contributed by atoms with E-state index in [1.54, 1.807) is 12.1 Å². The van der Waals surface area contributed by atoms with Crippen LogP contribution in [0.5, 0.6) is 5.75 Å². The summed E-state index contributed by atoms with van der Waals surface area (Å²) in [6.45, 7) is 0. The van der Waals surface area contributed by atoms with Gasteiger partial charge in [-0.05, 0) is 35.9 Å². The summed E-state index contributed by atoms with van der Waals surface area (Å²) >= 11 is 0. The third-order valence-corrected chi connectivity index (χ3v) is 3.91. The molecule has 0 unspecified atom stereocenters. The van der Waals surface area contributed by atoms with Crippen LogP contribution in [0, 0.1) is 22.7 Å². The fourth-order valence-electron chi connectivity index (χ4n) is 1.65. The van der Waals surface area contributed by atoms with Gasteiger partial charge in [0.05, 0.1) is 24.1 Å². The molecule has 0 N–H and O–H groups in total. The van der Waals surface area contributed by atoms with E-state index in [4.69, 9.17) is 14.7 Å². The zero-order valence-electron chi connectivity index (χ0n) is 10.9. The quantitative estimate of drug-likeness (QED) is 0.808. The van der Waals surface area contributed by atoms with Gasteiger partial charge in [-0.25, -0.2) is 0 Å². The van der Waals surface area contributed by atoms with Crippen LogP contribution >= 0.6 is 0 Å². The molecule has 0 aliphatic carbocycles. The molecule has 2 aromatic rings. The highest BCUT2D eigenvalue weighted by atomic mass is 32.2. The van der Waals surface area contributed by atoms with Gasteiger partial charge in [0.25, 0.3) is 0 Å². The molecule has 0 radical (unpaired) electrons. The van der Waals surface area contributed by atoms with Crippen molar-refractivity contribution in [3.8, 4) is 17.9 Å². The molecular formula is C15H10N2O3S. The van der Waals surface area contributed by atoms with Gasteiger partial charge in [0, 0.05) is 0 Å². The van der Waals surface area contributed by atoms with Crippen molar-refractivity contribution in [2.45, 2.75) is 11.3 Å². The van der Waals surface area contributed by atoms with Gasteiger partial charge < -0.3 is 4.18 Å². The SMILES string of the molecule is N#CCc1ccc(OS(=O)(=O)c2cccc(C#N)c2)cc1. The van der Waals surface area contributed by atoms with Gasteiger partial charge in [-0.15, -0.1) is 0 Å². The first-order chi connectivity index (χ1) is 10.0. The lowest BCUT2D eigenvalue weighted by atomic mass is 10.2. The Morgan fingerprint density at radius 2 is 1.76 bits per heavy atom. The van der Waals surface area contributed by atoms with E-state index in [1.165, 1.54) is 36.4 Å². The summed E-state index contributed by atoms with van der Waals surface area (Å²) in [6, 6.07) is 15.7. The van der Waals surface area contributed by atoms with Crippen LogP contribution in [0.4, 0.5) is 0 Å². The number of hydrogen-bond acceptors (Lipinski definition) is 5. The molecule has 0 spiro atoms. The van der Waals surface area contributed by atoms with Crippen LogP contribution in [-0.2, 0) is 16.5 Å². The molecule has 0 aromatic heterocycles. The van der Waals surface area contributed by atoms with Crippen molar-refractivity contribution in [1.82, 2.24) is 0 Å². The lowest BCUT2D eigenvalue weighted by Gasteiger charge is -2.07. The minimum atomic E-state index is -3.99. The Morgan fingerprint density at radius 3 is 2.38 bits per heavy atom. The molecule has 0 atom stereocenters. The second-order valence-electron chi connectivity index (χ2n) is 4.16. The first-order valence-electron chi connectivity index (χ1n) is 5.96. The Morgan fingerprint density at radius 1 is 1.05 bits per heavy atom. The molecule has 21 heavy (non-hydrogen) atoms. The van der Waals surface area contributed by atoms with Crippen LogP contribution < -0.4 is 4.18 Å². The van der Waals surface area contributed by atoms with Crippen LogP contribution in [0.25, 0.3) is 0 Å². The molecule has 0 aliphatic heterocycles. The van der Waals surface area contributed by atoms with Crippen molar-refractivity contribution in [3.63, 3.8) is 0 Å². The molecule has 2 aromatic carbocycles. The Labute approximate surface area is 122 Å². The Kier molecular flexibility index (Phi) is 4.22. The van der Waals surface area contributed by atoms with Gasteiger partial charge >= 0.3 is 10.1 Å².